The number of nitrogens with zero attached hydrogens (tertiary/aromatic N) is 1. The van der Waals surface area contributed by atoms with Crippen LogP contribution in [0, 0.1) is 0 Å². The number of anilines is 1. The molecule has 84 valence electrons. The van der Waals surface area contributed by atoms with Crippen molar-refractivity contribution < 1.29 is 5.11 Å². The smallest absolute Gasteiger partial charge is 0.140 e. The van der Waals surface area contributed by atoms with Gasteiger partial charge in [0.1, 0.15) is 5.82 Å². The summed E-state index contributed by atoms with van der Waals surface area (Å²) < 4.78 is 0.834. The quantitative estimate of drug-likeness (QED) is 0.877. The van der Waals surface area contributed by atoms with Crippen LogP contribution in [0.5, 0.6) is 0 Å². The number of nitrogens with one attached hydrogen (secondary N) is 1. The molecule has 0 fully saturated rings. The lowest BCUT2D eigenvalue weighted by Gasteiger charge is -2.10. The van der Waals surface area contributed by atoms with Crippen LogP contribution in [-0.4, -0.2) is 22.7 Å². The monoisotopic (exact) mass is 292 g/mol. The summed E-state index contributed by atoms with van der Waals surface area (Å²) in [5.41, 5.74) is 0. The molecule has 2 N–H and O–H groups in total. The van der Waals surface area contributed by atoms with Crippen molar-refractivity contribution in [3.05, 3.63) is 21.8 Å². The minimum Gasteiger partial charge on any atom is -0.393 e. The fraction of sp³-hybridized carbons (Fsp3) is 0.500. The Morgan fingerprint density at radius 3 is 3.00 bits per heavy atom. The van der Waals surface area contributed by atoms with E-state index in [4.69, 9.17) is 11.6 Å². The van der Waals surface area contributed by atoms with Gasteiger partial charge in [-0.3, -0.25) is 0 Å². The Kier molecular flexibility index (Phi) is 5.36. The van der Waals surface area contributed by atoms with Crippen LogP contribution in [0.4, 0.5) is 5.82 Å². The molecular weight excluding hydrogens is 279 g/mol. The van der Waals surface area contributed by atoms with Crippen molar-refractivity contribution in [2.75, 3.05) is 11.9 Å². The number of aliphatic hydroxyl groups excluding tert-OH is 1. The van der Waals surface area contributed by atoms with E-state index in [-0.39, 0.29) is 6.10 Å². The van der Waals surface area contributed by atoms with Crippen LogP contribution < -0.4 is 5.32 Å². The molecule has 0 spiro atoms. The van der Waals surface area contributed by atoms with Gasteiger partial charge in [0.05, 0.1) is 15.6 Å². The second kappa shape index (κ2) is 6.30. The molecular formula is C10H14BrClN2O. The van der Waals surface area contributed by atoms with Gasteiger partial charge in [-0.2, -0.15) is 0 Å². The van der Waals surface area contributed by atoms with Gasteiger partial charge in [-0.05, 0) is 34.8 Å². The molecule has 0 amide bonds. The van der Waals surface area contributed by atoms with Gasteiger partial charge < -0.3 is 10.4 Å². The number of hydrogen-bond donors (Lipinski definition) is 2. The molecule has 1 aromatic rings. The van der Waals surface area contributed by atoms with Gasteiger partial charge in [-0.15, -0.1) is 0 Å². The Morgan fingerprint density at radius 2 is 2.40 bits per heavy atom. The second-order valence-corrected chi connectivity index (χ2v) is 4.55. The van der Waals surface area contributed by atoms with Crippen LogP contribution in [-0.2, 0) is 0 Å². The third kappa shape index (κ3) is 4.36. The lowest BCUT2D eigenvalue weighted by molar-refractivity contribution is 0.164. The van der Waals surface area contributed by atoms with Gasteiger partial charge in [0.25, 0.3) is 0 Å². The van der Waals surface area contributed by atoms with E-state index in [1.807, 2.05) is 6.92 Å². The molecule has 0 saturated carbocycles. The Labute approximate surface area is 103 Å². The number of hydrogen-bond acceptors (Lipinski definition) is 3. The van der Waals surface area contributed by atoms with Crippen LogP contribution in [0.1, 0.15) is 19.8 Å². The average Bonchev–Trinajstić information content (AvgIpc) is 2.21. The standard InChI is InChI=1S/C10H14BrClN2O/c1-2-8(15)3-4-13-10-9(11)5-7(12)6-14-10/h5-6,8,15H,2-4H2,1H3,(H,13,14). The lowest BCUT2D eigenvalue weighted by Crippen LogP contribution is -2.13. The van der Waals surface area contributed by atoms with E-state index < -0.39 is 0 Å². The summed E-state index contributed by atoms with van der Waals surface area (Å²) in [6, 6.07) is 1.78. The maximum Gasteiger partial charge on any atom is 0.140 e. The van der Waals surface area contributed by atoms with Crippen molar-refractivity contribution in [2.45, 2.75) is 25.9 Å². The molecule has 0 aliphatic heterocycles. The van der Waals surface area contributed by atoms with E-state index in [1.165, 1.54) is 0 Å². The van der Waals surface area contributed by atoms with Crippen LogP contribution in [0.2, 0.25) is 5.02 Å². The molecule has 1 aromatic heterocycles. The summed E-state index contributed by atoms with van der Waals surface area (Å²) in [6.07, 6.45) is 2.83. The Bertz CT molecular complexity index is 322. The zero-order valence-electron chi connectivity index (χ0n) is 8.50. The highest BCUT2D eigenvalue weighted by molar-refractivity contribution is 9.10. The molecule has 1 atom stereocenters. The summed E-state index contributed by atoms with van der Waals surface area (Å²) in [5, 5.41) is 13.1. The van der Waals surface area contributed by atoms with E-state index in [1.54, 1.807) is 12.3 Å². The van der Waals surface area contributed by atoms with Crippen molar-refractivity contribution >= 4 is 33.3 Å². The first-order chi connectivity index (χ1) is 7.13. The second-order valence-electron chi connectivity index (χ2n) is 3.26. The molecule has 0 aromatic carbocycles. The van der Waals surface area contributed by atoms with Crippen LogP contribution in [0.25, 0.3) is 0 Å². The number of rotatable bonds is 5. The van der Waals surface area contributed by atoms with Crippen molar-refractivity contribution in [3.8, 4) is 0 Å². The molecule has 3 nitrogen and oxygen atoms in total. The number of aromatic nitrogens is 1. The summed E-state index contributed by atoms with van der Waals surface area (Å²) in [7, 11) is 0. The topological polar surface area (TPSA) is 45.1 Å². The SMILES string of the molecule is CCC(O)CCNc1ncc(Cl)cc1Br. The molecule has 15 heavy (non-hydrogen) atoms. The lowest BCUT2D eigenvalue weighted by atomic mass is 10.2. The van der Waals surface area contributed by atoms with E-state index in [0.717, 1.165) is 16.7 Å². The highest BCUT2D eigenvalue weighted by atomic mass is 79.9. The Hall–Kier alpha value is -0.320. The fourth-order valence-electron chi connectivity index (χ4n) is 1.11. The van der Waals surface area contributed by atoms with E-state index in [0.29, 0.717) is 18.0 Å². The van der Waals surface area contributed by atoms with Crippen molar-refractivity contribution in [1.29, 1.82) is 0 Å². The average molecular weight is 294 g/mol. The van der Waals surface area contributed by atoms with Gasteiger partial charge >= 0.3 is 0 Å². The van der Waals surface area contributed by atoms with Crippen molar-refractivity contribution in [2.24, 2.45) is 0 Å². The third-order valence-electron chi connectivity index (χ3n) is 2.05. The van der Waals surface area contributed by atoms with E-state index >= 15 is 0 Å². The fourth-order valence-corrected chi connectivity index (χ4v) is 1.88. The predicted molar refractivity (Wildman–Crippen MR) is 66.4 cm³/mol. The van der Waals surface area contributed by atoms with Gasteiger partial charge in [-0.25, -0.2) is 4.98 Å². The Balaban J connectivity index is 2.44. The maximum atomic E-state index is 9.36. The highest BCUT2D eigenvalue weighted by Gasteiger charge is 2.03. The Morgan fingerprint density at radius 1 is 1.67 bits per heavy atom. The van der Waals surface area contributed by atoms with Gasteiger partial charge in [0.2, 0.25) is 0 Å². The first kappa shape index (κ1) is 12.7. The molecule has 5 heteroatoms. The first-order valence-electron chi connectivity index (χ1n) is 4.86. The molecule has 1 unspecified atom stereocenters. The molecule has 1 heterocycles. The van der Waals surface area contributed by atoms with Crippen LogP contribution in [0.15, 0.2) is 16.7 Å². The summed E-state index contributed by atoms with van der Waals surface area (Å²) >= 11 is 9.12. The summed E-state index contributed by atoms with van der Waals surface area (Å²) in [4.78, 5) is 4.13. The number of aliphatic hydroxyl groups is 1. The largest absolute Gasteiger partial charge is 0.393 e. The molecule has 0 bridgehead atoms. The molecule has 0 radical (unpaired) electrons. The predicted octanol–water partition coefficient (Wildman–Crippen LogP) is 3.07. The molecule has 1 rings (SSSR count). The number of halogens is 2. The zero-order valence-corrected chi connectivity index (χ0v) is 10.8. The third-order valence-corrected chi connectivity index (χ3v) is 2.86. The maximum absolute atomic E-state index is 9.36. The molecule has 0 aliphatic rings. The summed E-state index contributed by atoms with van der Waals surface area (Å²) in [5.74, 6) is 0.753. The number of pyridine rings is 1. The van der Waals surface area contributed by atoms with Gasteiger partial charge in [0, 0.05) is 12.7 Å². The molecule has 0 saturated heterocycles. The minimum absolute atomic E-state index is 0.247. The van der Waals surface area contributed by atoms with Crippen molar-refractivity contribution in [1.82, 2.24) is 4.98 Å². The van der Waals surface area contributed by atoms with Crippen molar-refractivity contribution in [3.63, 3.8) is 0 Å². The zero-order chi connectivity index (χ0) is 11.3. The van der Waals surface area contributed by atoms with E-state index in [2.05, 4.69) is 26.2 Å². The van der Waals surface area contributed by atoms with E-state index in [9.17, 15) is 5.11 Å². The van der Waals surface area contributed by atoms with Crippen LogP contribution >= 0.6 is 27.5 Å². The highest BCUT2D eigenvalue weighted by Crippen LogP contribution is 2.22. The first-order valence-corrected chi connectivity index (χ1v) is 6.03. The molecule has 0 aliphatic carbocycles. The van der Waals surface area contributed by atoms with Gasteiger partial charge in [0.15, 0.2) is 0 Å². The van der Waals surface area contributed by atoms with Crippen LogP contribution in [0.3, 0.4) is 0 Å². The van der Waals surface area contributed by atoms with Gasteiger partial charge in [-0.1, -0.05) is 18.5 Å². The summed E-state index contributed by atoms with van der Waals surface area (Å²) in [6.45, 7) is 2.66. The minimum atomic E-state index is -0.247. The normalized spacial score (nSPS) is 12.5.